The SMILES string of the molecule is Cc1cc(C)c(C(=O)CSc2nnc(-c3ccco3)n2CC(C)C)c(C)c1. The quantitative estimate of drug-likeness (QED) is 0.420. The van der Waals surface area contributed by atoms with E-state index in [0.29, 0.717) is 23.3 Å². The summed E-state index contributed by atoms with van der Waals surface area (Å²) in [5.41, 5.74) is 4.04. The van der Waals surface area contributed by atoms with Crippen molar-refractivity contribution >= 4 is 17.5 Å². The third-order valence-electron chi connectivity index (χ3n) is 4.29. The van der Waals surface area contributed by atoms with Gasteiger partial charge in [0, 0.05) is 12.1 Å². The molecule has 0 fully saturated rings. The van der Waals surface area contributed by atoms with Gasteiger partial charge in [0.2, 0.25) is 0 Å². The number of hydrogen-bond donors (Lipinski definition) is 0. The highest BCUT2D eigenvalue weighted by Crippen LogP contribution is 2.27. The molecule has 0 bridgehead atoms. The van der Waals surface area contributed by atoms with E-state index in [-0.39, 0.29) is 5.78 Å². The minimum atomic E-state index is 0.119. The number of rotatable bonds is 7. The maximum atomic E-state index is 12.8. The van der Waals surface area contributed by atoms with Gasteiger partial charge in [-0.05, 0) is 49.9 Å². The molecule has 6 heteroatoms. The van der Waals surface area contributed by atoms with Gasteiger partial charge >= 0.3 is 0 Å². The van der Waals surface area contributed by atoms with E-state index in [1.54, 1.807) is 6.26 Å². The molecule has 0 saturated carbocycles. The smallest absolute Gasteiger partial charge is 0.200 e. The second-order valence-electron chi connectivity index (χ2n) is 7.27. The van der Waals surface area contributed by atoms with Gasteiger partial charge in [-0.3, -0.25) is 9.36 Å². The van der Waals surface area contributed by atoms with Crippen molar-refractivity contribution in [1.29, 1.82) is 0 Å². The number of ketones is 1. The number of carbonyl (C=O) groups is 1. The van der Waals surface area contributed by atoms with Crippen molar-refractivity contribution in [2.24, 2.45) is 5.92 Å². The molecule has 2 heterocycles. The van der Waals surface area contributed by atoms with Crippen LogP contribution in [-0.2, 0) is 6.54 Å². The van der Waals surface area contributed by atoms with E-state index in [4.69, 9.17) is 4.42 Å². The molecule has 0 saturated heterocycles. The molecule has 3 rings (SSSR count). The van der Waals surface area contributed by atoms with Crippen LogP contribution < -0.4 is 0 Å². The number of carbonyl (C=O) groups excluding carboxylic acids is 1. The number of hydrogen-bond acceptors (Lipinski definition) is 5. The molecular formula is C21H25N3O2S. The summed E-state index contributed by atoms with van der Waals surface area (Å²) in [6.45, 7) is 11.1. The molecule has 0 aliphatic carbocycles. The van der Waals surface area contributed by atoms with Crippen LogP contribution in [0.25, 0.3) is 11.6 Å². The first-order valence-corrected chi connectivity index (χ1v) is 10.1. The van der Waals surface area contributed by atoms with Crippen LogP contribution in [0.5, 0.6) is 0 Å². The Morgan fingerprint density at radius 3 is 2.48 bits per heavy atom. The van der Waals surface area contributed by atoms with Crippen LogP contribution in [0.3, 0.4) is 0 Å². The van der Waals surface area contributed by atoms with Crippen molar-refractivity contribution in [2.75, 3.05) is 5.75 Å². The molecule has 0 atom stereocenters. The molecule has 0 aliphatic heterocycles. The van der Waals surface area contributed by atoms with Crippen LogP contribution in [0.2, 0.25) is 0 Å². The van der Waals surface area contributed by atoms with E-state index in [1.807, 2.05) is 37.5 Å². The lowest BCUT2D eigenvalue weighted by Crippen LogP contribution is -2.11. The Hall–Kier alpha value is -2.34. The highest BCUT2D eigenvalue weighted by atomic mass is 32.2. The molecule has 3 aromatic rings. The van der Waals surface area contributed by atoms with Crippen LogP contribution in [0.15, 0.2) is 40.1 Å². The van der Waals surface area contributed by atoms with Gasteiger partial charge in [0.1, 0.15) is 0 Å². The van der Waals surface area contributed by atoms with Crippen molar-refractivity contribution in [3.8, 4) is 11.6 Å². The highest BCUT2D eigenvalue weighted by molar-refractivity contribution is 7.99. The van der Waals surface area contributed by atoms with Gasteiger partial charge in [-0.1, -0.05) is 43.3 Å². The zero-order valence-corrected chi connectivity index (χ0v) is 17.3. The Balaban J connectivity index is 1.83. The largest absolute Gasteiger partial charge is 0.461 e. The van der Waals surface area contributed by atoms with Crippen molar-refractivity contribution in [3.63, 3.8) is 0 Å². The van der Waals surface area contributed by atoms with Crippen LogP contribution in [0.1, 0.15) is 40.9 Å². The summed E-state index contributed by atoms with van der Waals surface area (Å²) < 4.78 is 7.53. The van der Waals surface area contributed by atoms with Gasteiger partial charge in [0.05, 0.1) is 12.0 Å². The third kappa shape index (κ3) is 4.33. The molecule has 1 aromatic carbocycles. The van der Waals surface area contributed by atoms with E-state index in [2.05, 4.69) is 36.2 Å². The maximum absolute atomic E-state index is 12.8. The maximum Gasteiger partial charge on any atom is 0.200 e. The molecule has 0 N–H and O–H groups in total. The normalized spacial score (nSPS) is 11.3. The molecule has 0 radical (unpaired) electrons. The van der Waals surface area contributed by atoms with Gasteiger partial charge in [-0.25, -0.2) is 0 Å². The number of aryl methyl sites for hydroxylation is 3. The van der Waals surface area contributed by atoms with E-state index in [1.165, 1.54) is 17.3 Å². The first kappa shape index (κ1) is 19.4. The summed E-state index contributed by atoms with van der Waals surface area (Å²) in [6.07, 6.45) is 1.63. The van der Waals surface area contributed by atoms with Gasteiger partial charge < -0.3 is 4.42 Å². The van der Waals surface area contributed by atoms with Crippen molar-refractivity contribution < 1.29 is 9.21 Å². The summed E-state index contributed by atoms with van der Waals surface area (Å²) in [4.78, 5) is 12.8. The second kappa shape index (κ2) is 8.13. The van der Waals surface area contributed by atoms with Crippen molar-refractivity contribution in [3.05, 3.63) is 52.8 Å². The predicted octanol–water partition coefficient (Wildman–Crippen LogP) is 5.09. The summed E-state index contributed by atoms with van der Waals surface area (Å²) in [7, 11) is 0. The summed E-state index contributed by atoms with van der Waals surface area (Å²) in [6, 6.07) is 7.82. The molecule has 0 amide bonds. The van der Waals surface area contributed by atoms with Crippen LogP contribution in [-0.4, -0.2) is 26.3 Å². The molecule has 5 nitrogen and oxygen atoms in total. The third-order valence-corrected chi connectivity index (χ3v) is 5.26. The number of thioether (sulfide) groups is 1. The average Bonchev–Trinajstić information content (AvgIpc) is 3.21. The van der Waals surface area contributed by atoms with E-state index in [0.717, 1.165) is 28.4 Å². The van der Waals surface area contributed by atoms with E-state index >= 15 is 0 Å². The Bertz CT molecular complexity index is 919. The van der Waals surface area contributed by atoms with Crippen LogP contribution in [0.4, 0.5) is 0 Å². The number of furan rings is 1. The van der Waals surface area contributed by atoms with E-state index < -0.39 is 0 Å². The highest BCUT2D eigenvalue weighted by Gasteiger charge is 2.19. The molecule has 0 aliphatic rings. The van der Waals surface area contributed by atoms with Gasteiger partial charge in [0.25, 0.3) is 0 Å². The zero-order chi connectivity index (χ0) is 19.6. The molecular weight excluding hydrogens is 358 g/mol. The number of benzene rings is 1. The average molecular weight is 384 g/mol. The fraction of sp³-hybridized carbons (Fsp3) is 0.381. The van der Waals surface area contributed by atoms with Gasteiger partial charge in [-0.15, -0.1) is 10.2 Å². The molecule has 0 spiro atoms. The lowest BCUT2D eigenvalue weighted by Gasteiger charge is -2.12. The first-order valence-electron chi connectivity index (χ1n) is 9.07. The lowest BCUT2D eigenvalue weighted by molar-refractivity contribution is 0.102. The van der Waals surface area contributed by atoms with E-state index in [9.17, 15) is 4.79 Å². The summed E-state index contributed by atoms with van der Waals surface area (Å²) >= 11 is 1.43. The predicted molar refractivity (Wildman–Crippen MR) is 108 cm³/mol. The van der Waals surface area contributed by atoms with Gasteiger partial charge in [-0.2, -0.15) is 0 Å². The Labute approximate surface area is 164 Å². The van der Waals surface area contributed by atoms with Crippen molar-refractivity contribution in [2.45, 2.75) is 46.3 Å². The van der Waals surface area contributed by atoms with Crippen LogP contribution in [0, 0.1) is 26.7 Å². The van der Waals surface area contributed by atoms with Crippen molar-refractivity contribution in [1.82, 2.24) is 14.8 Å². The summed E-state index contributed by atoms with van der Waals surface area (Å²) in [5, 5.41) is 9.35. The fourth-order valence-electron chi connectivity index (χ4n) is 3.34. The minimum absolute atomic E-state index is 0.119. The monoisotopic (exact) mass is 383 g/mol. The lowest BCUT2D eigenvalue weighted by atomic mass is 9.97. The summed E-state index contributed by atoms with van der Waals surface area (Å²) in [5.74, 6) is 2.26. The fourth-order valence-corrected chi connectivity index (χ4v) is 4.16. The number of Topliss-reactive ketones (excluding diaryl/α,β-unsaturated/α-hetero) is 1. The Morgan fingerprint density at radius 2 is 1.89 bits per heavy atom. The molecule has 27 heavy (non-hydrogen) atoms. The number of nitrogens with zero attached hydrogens (tertiary/aromatic N) is 3. The molecule has 0 unspecified atom stereocenters. The van der Waals surface area contributed by atoms with Gasteiger partial charge in [0.15, 0.2) is 22.5 Å². The number of aromatic nitrogens is 3. The molecule has 2 aromatic heterocycles. The standard InChI is InChI=1S/C21H25N3O2S/c1-13(2)11-24-20(18-7-6-8-26-18)22-23-21(24)27-12-17(25)19-15(4)9-14(3)10-16(19)5/h6-10,13H,11-12H2,1-5H3. The van der Waals surface area contributed by atoms with Crippen LogP contribution >= 0.6 is 11.8 Å². The Morgan fingerprint density at radius 1 is 1.19 bits per heavy atom. The Kier molecular flexibility index (Phi) is 5.85. The second-order valence-corrected chi connectivity index (χ2v) is 8.22. The topological polar surface area (TPSA) is 60.9 Å². The zero-order valence-electron chi connectivity index (χ0n) is 16.4. The first-order chi connectivity index (χ1) is 12.9. The minimum Gasteiger partial charge on any atom is -0.461 e. The molecule has 142 valence electrons.